The summed E-state index contributed by atoms with van der Waals surface area (Å²) >= 11 is 5.09. The van der Waals surface area contributed by atoms with E-state index in [1.54, 1.807) is 0 Å². The summed E-state index contributed by atoms with van der Waals surface area (Å²) in [5.41, 5.74) is 2.71. The Kier molecular flexibility index (Phi) is 5.55. The molecule has 134 valence electrons. The third-order valence-corrected chi connectivity index (χ3v) is 4.44. The van der Waals surface area contributed by atoms with Crippen LogP contribution >= 0.6 is 12.2 Å². The molecule has 0 spiro atoms. The van der Waals surface area contributed by atoms with Crippen LogP contribution in [0.2, 0.25) is 0 Å². The number of aromatic amines is 2. The van der Waals surface area contributed by atoms with Crippen molar-refractivity contribution in [1.82, 2.24) is 14.9 Å². The van der Waals surface area contributed by atoms with E-state index < -0.39 is 0 Å². The molecule has 0 atom stereocenters. The van der Waals surface area contributed by atoms with Crippen LogP contribution in [0, 0.1) is 4.77 Å². The third-order valence-electron chi connectivity index (χ3n) is 4.23. The highest BCUT2D eigenvalue weighted by molar-refractivity contribution is 7.71. The van der Waals surface area contributed by atoms with Gasteiger partial charge >= 0.3 is 0 Å². The van der Waals surface area contributed by atoms with Gasteiger partial charge < -0.3 is 14.5 Å². The summed E-state index contributed by atoms with van der Waals surface area (Å²) in [4.78, 5) is 20.1. The van der Waals surface area contributed by atoms with Crippen molar-refractivity contribution >= 4 is 12.2 Å². The van der Waals surface area contributed by atoms with E-state index in [9.17, 15) is 4.79 Å². The average Bonchev–Trinajstić information content (AvgIpc) is 2.57. The number of para-hydroxylation sites is 1. The molecule has 2 heterocycles. The number of rotatable bonds is 6. The molecule has 1 aromatic heterocycles. The molecule has 0 bridgehead atoms. The van der Waals surface area contributed by atoms with Crippen molar-refractivity contribution in [3.05, 3.63) is 50.1 Å². The van der Waals surface area contributed by atoms with Gasteiger partial charge in [0.2, 0.25) is 0 Å². The molecule has 0 fully saturated rings. The SMILES string of the molecule is CCOc1cccc(CN2CCc3c([nH]c(=S)[nH]c3=O)C2)c1OCC. The van der Waals surface area contributed by atoms with Gasteiger partial charge in [0, 0.05) is 36.5 Å². The number of nitrogens with one attached hydrogen (secondary N) is 2. The van der Waals surface area contributed by atoms with Crippen LogP contribution in [0.15, 0.2) is 23.0 Å². The monoisotopic (exact) mass is 361 g/mol. The maximum Gasteiger partial charge on any atom is 0.255 e. The zero-order chi connectivity index (χ0) is 17.8. The van der Waals surface area contributed by atoms with Crippen LogP contribution in [0.25, 0.3) is 0 Å². The van der Waals surface area contributed by atoms with E-state index in [1.165, 1.54) is 0 Å². The van der Waals surface area contributed by atoms with Gasteiger partial charge in [0.25, 0.3) is 5.56 Å². The standard InChI is InChI=1S/C18H23N3O3S/c1-3-23-15-7-5-6-12(16(15)24-4-2)10-21-9-8-13-14(11-21)19-18(25)20-17(13)22/h5-7H,3-4,8-11H2,1-2H3,(H2,19,20,22,25). The minimum Gasteiger partial charge on any atom is -0.490 e. The van der Waals surface area contributed by atoms with Crippen LogP contribution in [-0.2, 0) is 19.5 Å². The first kappa shape index (κ1) is 17.7. The van der Waals surface area contributed by atoms with Gasteiger partial charge in [-0.05, 0) is 38.6 Å². The summed E-state index contributed by atoms with van der Waals surface area (Å²) in [5, 5.41) is 0. The highest BCUT2D eigenvalue weighted by Gasteiger charge is 2.21. The number of hydrogen-bond donors (Lipinski definition) is 2. The molecule has 0 saturated carbocycles. The van der Waals surface area contributed by atoms with Crippen molar-refractivity contribution < 1.29 is 9.47 Å². The zero-order valence-electron chi connectivity index (χ0n) is 14.6. The first-order valence-electron chi connectivity index (χ1n) is 8.56. The number of benzene rings is 1. The highest BCUT2D eigenvalue weighted by atomic mass is 32.1. The minimum atomic E-state index is -0.0771. The van der Waals surface area contributed by atoms with E-state index >= 15 is 0 Å². The molecule has 2 N–H and O–H groups in total. The van der Waals surface area contributed by atoms with Crippen molar-refractivity contribution in [3.63, 3.8) is 0 Å². The van der Waals surface area contributed by atoms with Crippen molar-refractivity contribution in [2.45, 2.75) is 33.4 Å². The van der Waals surface area contributed by atoms with Crippen molar-refractivity contribution in [3.8, 4) is 11.5 Å². The molecule has 1 aliphatic heterocycles. The molecule has 0 radical (unpaired) electrons. The Morgan fingerprint density at radius 3 is 2.76 bits per heavy atom. The van der Waals surface area contributed by atoms with Crippen LogP contribution in [0.5, 0.6) is 11.5 Å². The van der Waals surface area contributed by atoms with E-state index in [2.05, 4.69) is 20.9 Å². The fraction of sp³-hybridized carbons (Fsp3) is 0.444. The number of fused-ring (bicyclic) bond motifs is 1. The molecule has 25 heavy (non-hydrogen) atoms. The van der Waals surface area contributed by atoms with Gasteiger partial charge in [-0.3, -0.25) is 14.7 Å². The summed E-state index contributed by atoms with van der Waals surface area (Å²) in [5.74, 6) is 1.58. The normalized spacial score (nSPS) is 14.2. The quantitative estimate of drug-likeness (QED) is 0.774. The molecule has 1 aromatic carbocycles. The molecule has 1 aliphatic rings. The Morgan fingerprint density at radius 2 is 2.00 bits per heavy atom. The van der Waals surface area contributed by atoms with Gasteiger partial charge in [-0.1, -0.05) is 12.1 Å². The lowest BCUT2D eigenvalue weighted by atomic mass is 10.1. The number of nitrogens with zero attached hydrogens (tertiary/aromatic N) is 1. The fourth-order valence-electron chi connectivity index (χ4n) is 3.17. The number of ether oxygens (including phenoxy) is 2. The maximum absolute atomic E-state index is 12.0. The van der Waals surface area contributed by atoms with Crippen LogP contribution < -0.4 is 15.0 Å². The second-order valence-corrected chi connectivity index (χ2v) is 6.34. The largest absolute Gasteiger partial charge is 0.490 e. The summed E-state index contributed by atoms with van der Waals surface area (Å²) in [6, 6.07) is 5.97. The number of hydrogen-bond acceptors (Lipinski definition) is 5. The molecule has 0 aliphatic carbocycles. The van der Waals surface area contributed by atoms with Gasteiger partial charge in [0.05, 0.1) is 13.2 Å². The molecule has 2 aromatic rings. The van der Waals surface area contributed by atoms with E-state index in [-0.39, 0.29) is 5.56 Å². The van der Waals surface area contributed by atoms with E-state index in [0.29, 0.717) is 31.0 Å². The van der Waals surface area contributed by atoms with Crippen LogP contribution in [0.4, 0.5) is 0 Å². The highest BCUT2D eigenvalue weighted by Crippen LogP contribution is 2.33. The van der Waals surface area contributed by atoms with Gasteiger partial charge in [-0.2, -0.15) is 0 Å². The molecule has 0 amide bonds. The number of aromatic nitrogens is 2. The van der Waals surface area contributed by atoms with Gasteiger partial charge in [-0.15, -0.1) is 0 Å². The second-order valence-electron chi connectivity index (χ2n) is 5.94. The summed E-state index contributed by atoms with van der Waals surface area (Å²) in [7, 11) is 0. The Labute approximate surface area is 151 Å². The fourth-order valence-corrected chi connectivity index (χ4v) is 3.39. The summed E-state index contributed by atoms with van der Waals surface area (Å²) in [6.07, 6.45) is 0.700. The van der Waals surface area contributed by atoms with Crippen molar-refractivity contribution in [1.29, 1.82) is 0 Å². The molecule has 7 heteroatoms. The number of H-pyrrole nitrogens is 2. The Morgan fingerprint density at radius 1 is 1.20 bits per heavy atom. The first-order chi connectivity index (χ1) is 12.1. The predicted molar refractivity (Wildman–Crippen MR) is 98.8 cm³/mol. The lowest BCUT2D eigenvalue weighted by Crippen LogP contribution is -2.35. The van der Waals surface area contributed by atoms with Crippen LogP contribution in [0.1, 0.15) is 30.7 Å². The van der Waals surface area contributed by atoms with Crippen LogP contribution in [0.3, 0.4) is 0 Å². The van der Waals surface area contributed by atoms with Crippen molar-refractivity contribution in [2.75, 3.05) is 19.8 Å². The minimum absolute atomic E-state index is 0.0771. The smallest absolute Gasteiger partial charge is 0.255 e. The Balaban J connectivity index is 1.84. The second kappa shape index (κ2) is 7.84. The van der Waals surface area contributed by atoms with E-state index in [4.69, 9.17) is 21.7 Å². The van der Waals surface area contributed by atoms with E-state index in [1.807, 2.05) is 26.0 Å². The lowest BCUT2D eigenvalue weighted by Gasteiger charge is -2.28. The average molecular weight is 361 g/mol. The summed E-state index contributed by atoms with van der Waals surface area (Å²) in [6.45, 7) is 7.31. The first-order valence-corrected chi connectivity index (χ1v) is 8.97. The molecule has 0 saturated heterocycles. The third kappa shape index (κ3) is 3.93. The van der Waals surface area contributed by atoms with E-state index in [0.717, 1.165) is 41.4 Å². The van der Waals surface area contributed by atoms with Gasteiger partial charge in [-0.25, -0.2) is 0 Å². The molecule has 0 unspecified atom stereocenters. The lowest BCUT2D eigenvalue weighted by molar-refractivity contribution is 0.230. The Hall–Kier alpha value is -2.12. The maximum atomic E-state index is 12.0. The van der Waals surface area contributed by atoms with Crippen molar-refractivity contribution in [2.24, 2.45) is 0 Å². The predicted octanol–water partition coefficient (Wildman–Crippen LogP) is 2.79. The van der Waals surface area contributed by atoms with Gasteiger partial charge in [0.1, 0.15) is 0 Å². The zero-order valence-corrected chi connectivity index (χ0v) is 15.4. The molecular formula is C18H23N3O3S. The molecule has 6 nitrogen and oxygen atoms in total. The topological polar surface area (TPSA) is 70.3 Å². The Bertz CT molecular complexity index is 859. The molecule has 3 rings (SSSR count). The molecular weight excluding hydrogens is 338 g/mol. The van der Waals surface area contributed by atoms with Crippen LogP contribution in [-0.4, -0.2) is 34.6 Å². The van der Waals surface area contributed by atoms with Gasteiger partial charge in [0.15, 0.2) is 16.3 Å². The summed E-state index contributed by atoms with van der Waals surface area (Å²) < 4.78 is 11.9.